The molecule has 0 unspecified atom stereocenters. The van der Waals surface area contributed by atoms with Crippen molar-refractivity contribution in [2.45, 2.75) is 19.6 Å². The molecule has 2 aliphatic rings. The first-order valence-corrected chi connectivity index (χ1v) is 11.0. The third kappa shape index (κ3) is 3.39. The van der Waals surface area contributed by atoms with E-state index in [1.807, 2.05) is 30.3 Å². The summed E-state index contributed by atoms with van der Waals surface area (Å²) < 4.78 is 30.7. The number of pyridine rings is 1. The minimum Gasteiger partial charge on any atom is -0.497 e. The van der Waals surface area contributed by atoms with Gasteiger partial charge in [0.25, 0.3) is 0 Å². The molecule has 3 aromatic carbocycles. The largest absolute Gasteiger partial charge is 0.497 e. The summed E-state index contributed by atoms with van der Waals surface area (Å²) in [4.78, 5) is 0. The first-order valence-electron chi connectivity index (χ1n) is 11.0. The lowest BCUT2D eigenvalue weighted by molar-refractivity contribution is -0.686. The molecular weight excluding hydrogens is 418 g/mol. The molecule has 0 fully saturated rings. The van der Waals surface area contributed by atoms with Gasteiger partial charge in [-0.1, -0.05) is 12.1 Å². The SMILES string of the molecule is COc1ccc(COc2c(OC)ccc3cc4[n+](cc23)CCc2cc3c(cc2-4)OCO3)cc1. The Hall–Kier alpha value is -3.93. The molecule has 1 aromatic heterocycles. The van der Waals surface area contributed by atoms with Gasteiger partial charge < -0.3 is 23.7 Å². The average Bonchev–Trinajstić information content (AvgIpc) is 3.32. The Labute approximate surface area is 191 Å². The second kappa shape index (κ2) is 7.89. The molecular formula is C27H24NO5+. The van der Waals surface area contributed by atoms with E-state index in [1.54, 1.807) is 14.2 Å². The molecule has 0 spiro atoms. The number of ether oxygens (including phenoxy) is 5. The molecule has 0 saturated heterocycles. The number of fused-ring (bicyclic) bond motifs is 5. The second-order valence-electron chi connectivity index (χ2n) is 8.20. The van der Waals surface area contributed by atoms with Crippen LogP contribution in [0.3, 0.4) is 0 Å². The van der Waals surface area contributed by atoms with Crippen molar-refractivity contribution < 1.29 is 28.3 Å². The van der Waals surface area contributed by atoms with Crippen LogP contribution in [0, 0.1) is 0 Å². The summed E-state index contributed by atoms with van der Waals surface area (Å²) in [7, 11) is 3.34. The first-order chi connectivity index (χ1) is 16.2. The second-order valence-corrected chi connectivity index (χ2v) is 8.20. The normalized spacial score (nSPS) is 13.4. The highest BCUT2D eigenvalue weighted by Gasteiger charge is 2.28. The monoisotopic (exact) mass is 442 g/mol. The zero-order chi connectivity index (χ0) is 22.4. The lowest BCUT2D eigenvalue weighted by Gasteiger charge is -2.18. The van der Waals surface area contributed by atoms with Crippen LogP contribution in [0.4, 0.5) is 0 Å². The van der Waals surface area contributed by atoms with Gasteiger partial charge in [-0.25, -0.2) is 0 Å². The molecule has 2 aliphatic heterocycles. The van der Waals surface area contributed by atoms with Crippen molar-refractivity contribution in [3.63, 3.8) is 0 Å². The minimum absolute atomic E-state index is 0.282. The van der Waals surface area contributed by atoms with E-state index in [4.69, 9.17) is 23.7 Å². The highest BCUT2D eigenvalue weighted by Crippen LogP contribution is 2.41. The average molecular weight is 442 g/mol. The molecule has 6 heteroatoms. The fraction of sp³-hybridized carbons (Fsp3) is 0.222. The van der Waals surface area contributed by atoms with E-state index in [-0.39, 0.29) is 6.79 Å². The molecule has 6 nitrogen and oxygen atoms in total. The first kappa shape index (κ1) is 19.7. The minimum atomic E-state index is 0.282. The summed E-state index contributed by atoms with van der Waals surface area (Å²) in [5.74, 6) is 3.93. The van der Waals surface area contributed by atoms with Gasteiger partial charge in [-0.3, -0.25) is 0 Å². The van der Waals surface area contributed by atoms with Crippen LogP contribution in [-0.2, 0) is 19.6 Å². The number of benzene rings is 3. The number of methoxy groups -OCH3 is 2. The van der Waals surface area contributed by atoms with Crippen LogP contribution in [0.25, 0.3) is 22.0 Å². The maximum atomic E-state index is 6.31. The van der Waals surface area contributed by atoms with Crippen molar-refractivity contribution in [1.82, 2.24) is 0 Å². The summed E-state index contributed by atoms with van der Waals surface area (Å²) >= 11 is 0. The molecule has 33 heavy (non-hydrogen) atoms. The smallest absolute Gasteiger partial charge is 0.231 e. The molecule has 0 saturated carbocycles. The Balaban J connectivity index is 1.40. The van der Waals surface area contributed by atoms with Crippen LogP contribution >= 0.6 is 0 Å². The van der Waals surface area contributed by atoms with E-state index >= 15 is 0 Å². The third-order valence-corrected chi connectivity index (χ3v) is 6.34. The van der Waals surface area contributed by atoms with E-state index in [9.17, 15) is 0 Å². The van der Waals surface area contributed by atoms with Gasteiger partial charge in [-0.05, 0) is 52.9 Å². The Kier molecular flexibility index (Phi) is 4.72. The van der Waals surface area contributed by atoms with Crippen molar-refractivity contribution >= 4 is 10.8 Å². The summed E-state index contributed by atoms with van der Waals surface area (Å²) in [6.07, 6.45) is 3.10. The number of rotatable bonds is 5. The molecule has 0 bridgehead atoms. The highest BCUT2D eigenvalue weighted by atomic mass is 16.7. The summed E-state index contributed by atoms with van der Waals surface area (Å²) in [5.41, 5.74) is 4.69. The van der Waals surface area contributed by atoms with Crippen molar-refractivity contribution in [3.05, 3.63) is 71.9 Å². The molecule has 166 valence electrons. The summed E-state index contributed by atoms with van der Waals surface area (Å²) in [5, 5.41) is 2.12. The van der Waals surface area contributed by atoms with Gasteiger partial charge >= 0.3 is 0 Å². The standard InChI is InChI=1S/C27H24NO5/c1-29-20-6-3-17(4-7-20)15-31-27-22-14-28-10-9-19-12-25-26(33-16-32-25)13-21(19)23(28)11-18(22)5-8-24(27)30-2/h3-8,11-14H,9-10,15-16H2,1-2H3/q+1. The third-order valence-electron chi connectivity index (χ3n) is 6.34. The maximum Gasteiger partial charge on any atom is 0.231 e. The molecule has 0 N–H and O–H groups in total. The van der Waals surface area contributed by atoms with E-state index in [0.29, 0.717) is 6.61 Å². The van der Waals surface area contributed by atoms with Gasteiger partial charge in [0.15, 0.2) is 35.7 Å². The zero-order valence-corrected chi connectivity index (χ0v) is 18.6. The highest BCUT2D eigenvalue weighted by molar-refractivity contribution is 5.91. The Morgan fingerprint density at radius 2 is 1.73 bits per heavy atom. The predicted molar refractivity (Wildman–Crippen MR) is 123 cm³/mol. The Bertz CT molecular complexity index is 1360. The van der Waals surface area contributed by atoms with E-state index < -0.39 is 0 Å². The number of nitrogens with zero attached hydrogens (tertiary/aromatic N) is 1. The van der Waals surface area contributed by atoms with Crippen LogP contribution in [0.5, 0.6) is 28.7 Å². The maximum absolute atomic E-state index is 6.31. The number of aryl methyl sites for hydroxylation is 2. The van der Waals surface area contributed by atoms with Crippen LogP contribution in [0.1, 0.15) is 11.1 Å². The quantitative estimate of drug-likeness (QED) is 0.420. The summed E-state index contributed by atoms with van der Waals surface area (Å²) in [6, 6.07) is 18.4. The van der Waals surface area contributed by atoms with Crippen molar-refractivity contribution in [3.8, 4) is 40.0 Å². The predicted octanol–water partition coefficient (Wildman–Crippen LogP) is 4.68. The fourth-order valence-corrected chi connectivity index (χ4v) is 4.58. The molecule has 6 rings (SSSR count). The number of hydrogen-bond donors (Lipinski definition) is 0. The van der Waals surface area contributed by atoms with Gasteiger partial charge in [0.1, 0.15) is 12.4 Å². The van der Waals surface area contributed by atoms with Gasteiger partial charge in [0, 0.05) is 12.5 Å². The van der Waals surface area contributed by atoms with Gasteiger partial charge in [0.05, 0.1) is 25.2 Å². The van der Waals surface area contributed by atoms with Crippen molar-refractivity contribution in [2.75, 3.05) is 21.0 Å². The molecule has 3 heterocycles. The Morgan fingerprint density at radius 1 is 0.909 bits per heavy atom. The topological polar surface area (TPSA) is 50.0 Å². The van der Waals surface area contributed by atoms with Crippen molar-refractivity contribution in [1.29, 1.82) is 0 Å². The molecule has 0 amide bonds. The Morgan fingerprint density at radius 3 is 2.52 bits per heavy atom. The van der Waals surface area contributed by atoms with Crippen LogP contribution < -0.4 is 28.3 Å². The van der Waals surface area contributed by atoms with Crippen LogP contribution in [-0.4, -0.2) is 21.0 Å². The summed E-state index contributed by atoms with van der Waals surface area (Å²) in [6.45, 7) is 1.60. The van der Waals surface area contributed by atoms with Crippen LogP contribution in [0.2, 0.25) is 0 Å². The van der Waals surface area contributed by atoms with E-state index in [1.165, 1.54) is 11.1 Å². The van der Waals surface area contributed by atoms with E-state index in [2.05, 4.69) is 35.0 Å². The lowest BCUT2D eigenvalue weighted by Crippen LogP contribution is -2.40. The van der Waals surface area contributed by atoms with Gasteiger partial charge in [-0.2, -0.15) is 4.57 Å². The van der Waals surface area contributed by atoms with Crippen LogP contribution in [0.15, 0.2) is 60.8 Å². The number of hydrogen-bond acceptors (Lipinski definition) is 5. The van der Waals surface area contributed by atoms with Crippen molar-refractivity contribution in [2.24, 2.45) is 0 Å². The number of aromatic nitrogens is 1. The fourth-order valence-electron chi connectivity index (χ4n) is 4.58. The molecule has 0 radical (unpaired) electrons. The van der Waals surface area contributed by atoms with Gasteiger partial charge in [-0.15, -0.1) is 0 Å². The van der Waals surface area contributed by atoms with Gasteiger partial charge in [0.2, 0.25) is 12.5 Å². The van der Waals surface area contributed by atoms with E-state index in [0.717, 1.165) is 63.7 Å². The molecule has 4 aromatic rings. The molecule has 0 atom stereocenters. The lowest BCUT2D eigenvalue weighted by atomic mass is 9.95. The zero-order valence-electron chi connectivity index (χ0n) is 18.6. The molecule has 0 aliphatic carbocycles.